The summed E-state index contributed by atoms with van der Waals surface area (Å²) in [5, 5.41) is 0. The predicted octanol–water partition coefficient (Wildman–Crippen LogP) is 2.15. The Balaban J connectivity index is 2.11. The quantitative estimate of drug-likeness (QED) is 0.821. The lowest BCUT2D eigenvalue weighted by Crippen LogP contribution is -2.61. The molecule has 1 aliphatic heterocycles. The van der Waals surface area contributed by atoms with Crippen LogP contribution in [0.1, 0.15) is 51.9 Å². The summed E-state index contributed by atoms with van der Waals surface area (Å²) in [5.41, 5.74) is 6.37. The van der Waals surface area contributed by atoms with Crippen molar-refractivity contribution in [2.45, 2.75) is 69.6 Å². The lowest BCUT2D eigenvalue weighted by atomic mass is 9.77. The van der Waals surface area contributed by atoms with Crippen molar-refractivity contribution in [3.63, 3.8) is 0 Å². The fourth-order valence-electron chi connectivity index (χ4n) is 3.85. The zero-order chi connectivity index (χ0) is 12.3. The molecule has 1 saturated heterocycles. The monoisotopic (exact) mass is 240 g/mol. The van der Waals surface area contributed by atoms with E-state index in [1.54, 1.807) is 0 Å². The molecule has 1 heterocycles. The van der Waals surface area contributed by atoms with Gasteiger partial charge >= 0.3 is 0 Å². The second kappa shape index (κ2) is 5.68. The number of likely N-dealkylation sites (tertiary alicyclic amines) is 1. The van der Waals surface area contributed by atoms with E-state index in [-0.39, 0.29) is 5.54 Å². The number of piperidine rings is 1. The van der Waals surface area contributed by atoms with Crippen LogP contribution in [-0.4, -0.2) is 42.8 Å². The molecule has 0 spiro atoms. The molecule has 1 aliphatic carbocycles. The Hall–Kier alpha value is -0.120. The fraction of sp³-hybridized carbons (Fsp3) is 1.00. The lowest BCUT2D eigenvalue weighted by Gasteiger charge is -2.52. The Bertz CT molecular complexity index is 246. The molecule has 100 valence electrons. The van der Waals surface area contributed by atoms with Gasteiger partial charge in [0.2, 0.25) is 0 Å². The van der Waals surface area contributed by atoms with E-state index >= 15 is 0 Å². The Morgan fingerprint density at radius 2 is 2.12 bits per heavy atom. The van der Waals surface area contributed by atoms with Crippen LogP contribution in [0.5, 0.6) is 0 Å². The molecule has 2 N–H and O–H groups in total. The maximum absolute atomic E-state index is 6.15. The Morgan fingerprint density at radius 3 is 2.76 bits per heavy atom. The van der Waals surface area contributed by atoms with Crippen molar-refractivity contribution in [3.8, 4) is 0 Å². The van der Waals surface area contributed by atoms with Crippen molar-refractivity contribution >= 4 is 0 Å². The van der Waals surface area contributed by atoms with E-state index < -0.39 is 0 Å². The van der Waals surface area contributed by atoms with Crippen LogP contribution in [0.2, 0.25) is 0 Å². The summed E-state index contributed by atoms with van der Waals surface area (Å²) >= 11 is 0. The molecule has 3 unspecified atom stereocenters. The van der Waals surface area contributed by atoms with Crippen molar-refractivity contribution in [2.75, 3.05) is 20.2 Å². The molecule has 0 radical (unpaired) electrons. The van der Waals surface area contributed by atoms with Gasteiger partial charge in [-0.15, -0.1) is 0 Å². The second-order valence-corrected chi connectivity index (χ2v) is 5.92. The Kier molecular flexibility index (Phi) is 4.45. The van der Waals surface area contributed by atoms with Gasteiger partial charge in [-0.1, -0.05) is 6.42 Å². The van der Waals surface area contributed by atoms with E-state index in [1.807, 2.05) is 7.11 Å². The van der Waals surface area contributed by atoms with Crippen molar-refractivity contribution in [1.82, 2.24) is 4.90 Å². The zero-order valence-corrected chi connectivity index (χ0v) is 11.5. The highest BCUT2D eigenvalue weighted by Gasteiger charge is 2.42. The van der Waals surface area contributed by atoms with E-state index in [2.05, 4.69) is 11.8 Å². The largest absolute Gasteiger partial charge is 0.381 e. The van der Waals surface area contributed by atoms with Crippen molar-refractivity contribution in [2.24, 2.45) is 5.73 Å². The van der Waals surface area contributed by atoms with Gasteiger partial charge in [-0.3, -0.25) is 4.90 Å². The molecule has 0 bridgehead atoms. The van der Waals surface area contributed by atoms with E-state index in [0.717, 1.165) is 13.0 Å². The summed E-state index contributed by atoms with van der Waals surface area (Å²) in [6, 6.07) is 0.697. The minimum Gasteiger partial charge on any atom is -0.381 e. The molecule has 0 aromatic rings. The number of hydrogen-bond acceptors (Lipinski definition) is 3. The topological polar surface area (TPSA) is 38.5 Å². The number of ether oxygens (including phenoxy) is 1. The van der Waals surface area contributed by atoms with Gasteiger partial charge in [0.15, 0.2) is 0 Å². The molecule has 3 heteroatoms. The average molecular weight is 240 g/mol. The van der Waals surface area contributed by atoms with Crippen molar-refractivity contribution in [3.05, 3.63) is 0 Å². The minimum absolute atomic E-state index is 0.221. The van der Waals surface area contributed by atoms with Gasteiger partial charge in [-0.25, -0.2) is 0 Å². The van der Waals surface area contributed by atoms with Gasteiger partial charge in [0.1, 0.15) is 0 Å². The number of nitrogens with two attached hydrogens (primary N) is 1. The molecule has 2 rings (SSSR count). The highest BCUT2D eigenvalue weighted by Crippen LogP contribution is 2.37. The maximum atomic E-state index is 6.15. The van der Waals surface area contributed by atoms with Crippen molar-refractivity contribution < 1.29 is 4.74 Å². The smallest absolute Gasteiger partial charge is 0.0589 e. The van der Waals surface area contributed by atoms with E-state index in [4.69, 9.17) is 10.5 Å². The second-order valence-electron chi connectivity index (χ2n) is 5.92. The molecule has 2 fully saturated rings. The minimum atomic E-state index is 0.221. The van der Waals surface area contributed by atoms with Crippen LogP contribution in [0.15, 0.2) is 0 Å². The third-order valence-electron chi connectivity index (χ3n) is 4.90. The first-order valence-corrected chi connectivity index (χ1v) is 7.21. The van der Waals surface area contributed by atoms with Crippen LogP contribution in [0, 0.1) is 0 Å². The average Bonchev–Trinajstić information content (AvgIpc) is 2.39. The standard InChI is InChI=1S/C14H28N2O/c1-12-6-3-4-9-16(12)14(11-15)8-5-7-13(10-14)17-2/h12-13H,3-11,15H2,1-2H3. The third-order valence-corrected chi connectivity index (χ3v) is 4.90. The molecule has 17 heavy (non-hydrogen) atoms. The SMILES string of the molecule is COC1CCCC(CN)(N2CCCCC2C)C1. The summed E-state index contributed by atoms with van der Waals surface area (Å²) in [5.74, 6) is 0. The number of nitrogens with zero attached hydrogens (tertiary/aromatic N) is 1. The summed E-state index contributed by atoms with van der Waals surface area (Å²) in [4.78, 5) is 2.70. The highest BCUT2D eigenvalue weighted by atomic mass is 16.5. The molecular formula is C14H28N2O. The molecule has 3 atom stereocenters. The van der Waals surface area contributed by atoms with E-state index in [0.29, 0.717) is 12.1 Å². The number of methoxy groups -OCH3 is 1. The van der Waals surface area contributed by atoms with Crippen LogP contribution in [0.25, 0.3) is 0 Å². The normalized spacial score (nSPS) is 40.4. The summed E-state index contributed by atoms with van der Waals surface area (Å²) in [7, 11) is 1.84. The first kappa shape index (κ1) is 13.3. The fourth-order valence-corrected chi connectivity index (χ4v) is 3.85. The third kappa shape index (κ3) is 2.67. The van der Waals surface area contributed by atoms with E-state index in [1.165, 1.54) is 45.1 Å². The summed E-state index contributed by atoms with van der Waals surface area (Å²) in [6.07, 6.45) is 9.33. The first-order chi connectivity index (χ1) is 8.22. The molecule has 0 aromatic carbocycles. The molecular weight excluding hydrogens is 212 g/mol. The molecule has 3 nitrogen and oxygen atoms in total. The predicted molar refractivity (Wildman–Crippen MR) is 71.1 cm³/mol. The van der Waals surface area contributed by atoms with Gasteiger partial charge in [-0.05, 0) is 52.0 Å². The molecule has 0 aromatic heterocycles. The maximum Gasteiger partial charge on any atom is 0.0589 e. The number of hydrogen-bond donors (Lipinski definition) is 1. The van der Waals surface area contributed by atoms with Gasteiger partial charge < -0.3 is 10.5 Å². The summed E-state index contributed by atoms with van der Waals surface area (Å²) in [6.45, 7) is 4.39. The van der Waals surface area contributed by atoms with E-state index in [9.17, 15) is 0 Å². The van der Waals surface area contributed by atoms with Gasteiger partial charge in [0.05, 0.1) is 6.10 Å². The lowest BCUT2D eigenvalue weighted by molar-refractivity contribution is -0.0476. The van der Waals surface area contributed by atoms with Gasteiger partial charge in [-0.2, -0.15) is 0 Å². The van der Waals surface area contributed by atoms with Gasteiger partial charge in [0.25, 0.3) is 0 Å². The molecule has 0 amide bonds. The zero-order valence-electron chi connectivity index (χ0n) is 11.5. The van der Waals surface area contributed by atoms with Crippen LogP contribution < -0.4 is 5.73 Å². The Morgan fingerprint density at radius 1 is 1.29 bits per heavy atom. The van der Waals surface area contributed by atoms with Crippen molar-refractivity contribution in [1.29, 1.82) is 0 Å². The molecule has 1 saturated carbocycles. The van der Waals surface area contributed by atoms with Crippen LogP contribution in [-0.2, 0) is 4.74 Å². The number of rotatable bonds is 3. The summed E-state index contributed by atoms with van der Waals surface area (Å²) < 4.78 is 5.59. The van der Waals surface area contributed by atoms with Gasteiger partial charge in [0, 0.05) is 25.2 Å². The van der Waals surface area contributed by atoms with Crippen LogP contribution >= 0.6 is 0 Å². The molecule has 2 aliphatic rings. The Labute approximate surface area is 106 Å². The highest BCUT2D eigenvalue weighted by molar-refractivity contribution is 4.99. The van der Waals surface area contributed by atoms with Crippen LogP contribution in [0.4, 0.5) is 0 Å². The first-order valence-electron chi connectivity index (χ1n) is 7.21. The van der Waals surface area contributed by atoms with Crippen LogP contribution in [0.3, 0.4) is 0 Å².